The number of hydrogen-bond donors (Lipinski definition) is 1. The second kappa shape index (κ2) is 9.69. The van der Waals surface area contributed by atoms with Crippen LogP contribution in [0, 0.1) is 0 Å². The lowest BCUT2D eigenvalue weighted by Gasteiger charge is -2.32. The van der Waals surface area contributed by atoms with E-state index in [2.05, 4.69) is 5.32 Å². The Morgan fingerprint density at radius 2 is 1.83 bits per heavy atom. The maximum absolute atomic E-state index is 12.7. The lowest BCUT2D eigenvalue weighted by atomic mass is 9.93. The summed E-state index contributed by atoms with van der Waals surface area (Å²) in [6.07, 6.45) is 6.77. The highest BCUT2D eigenvalue weighted by atomic mass is 16.5. The Balaban J connectivity index is 1.66. The predicted molar refractivity (Wildman–Crippen MR) is 116 cm³/mol. The molecule has 2 aromatic rings. The number of ether oxygens (including phenoxy) is 1. The van der Waals surface area contributed by atoms with Gasteiger partial charge in [-0.05, 0) is 47.9 Å². The summed E-state index contributed by atoms with van der Waals surface area (Å²) in [7, 11) is 0. The third-order valence-electron chi connectivity index (χ3n) is 4.74. The molecule has 1 heterocycles. The lowest BCUT2D eigenvalue weighted by molar-refractivity contribution is -0.137. The van der Waals surface area contributed by atoms with Gasteiger partial charge < -0.3 is 15.0 Å². The van der Waals surface area contributed by atoms with Crippen LogP contribution in [0.15, 0.2) is 60.8 Å². The van der Waals surface area contributed by atoms with E-state index in [9.17, 15) is 14.4 Å². The molecule has 154 valence electrons. The number of carbonyl (C=O) groups excluding carboxylic acids is 3. The molecule has 0 aliphatic carbocycles. The quantitative estimate of drug-likeness (QED) is 0.579. The van der Waals surface area contributed by atoms with Crippen LogP contribution in [0.2, 0.25) is 0 Å². The standard InChI is InChI=1S/C24H24N2O4/c1-3-30-24(29)13-10-18-8-11-20(12-9-18)25-23(28)16-22-21-7-5-4-6-19(21)14-15-26(22)17(2)27/h4-15,22H,3,16H2,1-2H3,(H,25,28). The number of esters is 1. The minimum Gasteiger partial charge on any atom is -0.463 e. The second-order valence-corrected chi connectivity index (χ2v) is 6.85. The molecule has 6 heteroatoms. The summed E-state index contributed by atoms with van der Waals surface area (Å²) >= 11 is 0. The number of carbonyl (C=O) groups is 3. The Morgan fingerprint density at radius 3 is 2.53 bits per heavy atom. The van der Waals surface area contributed by atoms with Crippen molar-refractivity contribution in [3.05, 3.63) is 77.5 Å². The molecule has 1 aliphatic rings. The van der Waals surface area contributed by atoms with Crippen molar-refractivity contribution >= 4 is 35.6 Å². The molecule has 30 heavy (non-hydrogen) atoms. The van der Waals surface area contributed by atoms with E-state index in [0.29, 0.717) is 12.3 Å². The van der Waals surface area contributed by atoms with Gasteiger partial charge in [-0.2, -0.15) is 0 Å². The Kier molecular flexibility index (Phi) is 6.80. The minimum atomic E-state index is -0.397. The van der Waals surface area contributed by atoms with Gasteiger partial charge in [0, 0.05) is 24.9 Å². The first kappa shape index (κ1) is 21.0. The topological polar surface area (TPSA) is 75.7 Å². The van der Waals surface area contributed by atoms with Gasteiger partial charge in [-0.3, -0.25) is 9.59 Å². The van der Waals surface area contributed by atoms with Crippen molar-refractivity contribution in [3.8, 4) is 0 Å². The number of benzene rings is 2. The minimum absolute atomic E-state index is 0.115. The Bertz CT molecular complexity index is 993. The van der Waals surface area contributed by atoms with E-state index in [4.69, 9.17) is 4.74 Å². The van der Waals surface area contributed by atoms with Crippen LogP contribution in [0.1, 0.15) is 43.0 Å². The zero-order valence-corrected chi connectivity index (χ0v) is 17.0. The van der Waals surface area contributed by atoms with Crippen LogP contribution in [0.5, 0.6) is 0 Å². The molecular weight excluding hydrogens is 380 g/mol. The number of amides is 2. The number of anilines is 1. The van der Waals surface area contributed by atoms with E-state index in [1.54, 1.807) is 48.4 Å². The average Bonchev–Trinajstić information content (AvgIpc) is 2.73. The van der Waals surface area contributed by atoms with Crippen molar-refractivity contribution in [1.29, 1.82) is 0 Å². The molecule has 0 spiro atoms. The van der Waals surface area contributed by atoms with Gasteiger partial charge in [-0.15, -0.1) is 0 Å². The summed E-state index contributed by atoms with van der Waals surface area (Å²) in [5.41, 5.74) is 3.41. The summed E-state index contributed by atoms with van der Waals surface area (Å²) < 4.78 is 4.85. The van der Waals surface area contributed by atoms with Crippen LogP contribution in [-0.2, 0) is 19.1 Å². The first-order valence-corrected chi connectivity index (χ1v) is 9.78. The molecule has 0 saturated heterocycles. The number of hydrogen-bond acceptors (Lipinski definition) is 4. The monoisotopic (exact) mass is 404 g/mol. The van der Waals surface area contributed by atoms with E-state index < -0.39 is 5.97 Å². The van der Waals surface area contributed by atoms with E-state index in [-0.39, 0.29) is 24.3 Å². The zero-order chi connectivity index (χ0) is 21.5. The molecule has 0 saturated carbocycles. The first-order valence-electron chi connectivity index (χ1n) is 9.78. The van der Waals surface area contributed by atoms with Gasteiger partial charge in [-0.1, -0.05) is 36.4 Å². The maximum Gasteiger partial charge on any atom is 0.330 e. The summed E-state index contributed by atoms with van der Waals surface area (Å²) in [4.78, 5) is 37.7. The van der Waals surface area contributed by atoms with Gasteiger partial charge in [0.25, 0.3) is 0 Å². The molecule has 2 amide bonds. The largest absolute Gasteiger partial charge is 0.463 e. The van der Waals surface area contributed by atoms with Crippen LogP contribution in [0.25, 0.3) is 12.2 Å². The Labute approximate surface area is 175 Å². The van der Waals surface area contributed by atoms with Crippen LogP contribution >= 0.6 is 0 Å². The van der Waals surface area contributed by atoms with Gasteiger partial charge in [0.05, 0.1) is 19.1 Å². The van der Waals surface area contributed by atoms with Crippen LogP contribution < -0.4 is 5.32 Å². The number of fused-ring (bicyclic) bond motifs is 1. The molecule has 0 radical (unpaired) electrons. The summed E-state index contributed by atoms with van der Waals surface area (Å²) in [6.45, 7) is 3.57. The third-order valence-corrected chi connectivity index (χ3v) is 4.74. The van der Waals surface area contributed by atoms with Crippen molar-refractivity contribution in [2.45, 2.75) is 26.3 Å². The number of rotatable bonds is 6. The second-order valence-electron chi connectivity index (χ2n) is 6.85. The summed E-state index contributed by atoms with van der Waals surface area (Å²) in [5, 5.41) is 2.88. The van der Waals surface area contributed by atoms with E-state index in [1.165, 1.54) is 13.0 Å². The fourth-order valence-electron chi connectivity index (χ4n) is 3.33. The SMILES string of the molecule is CCOC(=O)C=Cc1ccc(NC(=O)CC2c3ccccc3C=CN2C(C)=O)cc1. The van der Waals surface area contributed by atoms with Crippen molar-refractivity contribution in [1.82, 2.24) is 4.90 Å². The van der Waals surface area contributed by atoms with Crippen molar-refractivity contribution in [2.75, 3.05) is 11.9 Å². The fraction of sp³-hybridized carbons (Fsp3) is 0.208. The number of nitrogens with one attached hydrogen (secondary N) is 1. The highest BCUT2D eigenvalue weighted by molar-refractivity contribution is 5.92. The lowest BCUT2D eigenvalue weighted by Crippen LogP contribution is -2.33. The molecule has 3 rings (SSSR count). The maximum atomic E-state index is 12.7. The molecule has 2 aromatic carbocycles. The van der Waals surface area contributed by atoms with Crippen LogP contribution in [0.4, 0.5) is 5.69 Å². The molecule has 1 N–H and O–H groups in total. The summed E-state index contributed by atoms with van der Waals surface area (Å²) in [5.74, 6) is -0.700. The van der Waals surface area contributed by atoms with Crippen LogP contribution in [0.3, 0.4) is 0 Å². The Morgan fingerprint density at radius 1 is 1.10 bits per heavy atom. The normalized spacial score (nSPS) is 15.0. The predicted octanol–water partition coefficient (Wildman–Crippen LogP) is 4.17. The zero-order valence-electron chi connectivity index (χ0n) is 17.0. The molecular formula is C24H24N2O4. The molecule has 1 atom stereocenters. The highest BCUT2D eigenvalue weighted by Gasteiger charge is 2.28. The van der Waals surface area contributed by atoms with Crippen LogP contribution in [-0.4, -0.2) is 29.3 Å². The van der Waals surface area contributed by atoms with E-state index in [1.807, 2.05) is 30.3 Å². The summed E-state index contributed by atoms with van der Waals surface area (Å²) in [6, 6.07) is 14.5. The van der Waals surface area contributed by atoms with Gasteiger partial charge in [0.2, 0.25) is 11.8 Å². The number of nitrogens with zero attached hydrogens (tertiary/aromatic N) is 1. The smallest absolute Gasteiger partial charge is 0.330 e. The molecule has 1 aliphatic heterocycles. The van der Waals surface area contributed by atoms with Crippen molar-refractivity contribution in [2.24, 2.45) is 0 Å². The molecule has 6 nitrogen and oxygen atoms in total. The van der Waals surface area contributed by atoms with Crippen molar-refractivity contribution < 1.29 is 19.1 Å². The van der Waals surface area contributed by atoms with Crippen molar-refractivity contribution in [3.63, 3.8) is 0 Å². The molecule has 0 bridgehead atoms. The Hall–Kier alpha value is -3.67. The van der Waals surface area contributed by atoms with Gasteiger partial charge in [0.1, 0.15) is 0 Å². The molecule has 1 unspecified atom stereocenters. The highest BCUT2D eigenvalue weighted by Crippen LogP contribution is 2.33. The molecule has 0 fully saturated rings. The van der Waals surface area contributed by atoms with Gasteiger partial charge in [0.15, 0.2) is 0 Å². The third kappa shape index (κ3) is 5.23. The fourth-order valence-corrected chi connectivity index (χ4v) is 3.33. The average molecular weight is 404 g/mol. The van der Waals surface area contributed by atoms with Gasteiger partial charge >= 0.3 is 5.97 Å². The molecule has 0 aromatic heterocycles. The first-order chi connectivity index (χ1) is 14.5. The van der Waals surface area contributed by atoms with E-state index in [0.717, 1.165) is 16.7 Å². The van der Waals surface area contributed by atoms with E-state index >= 15 is 0 Å². The van der Waals surface area contributed by atoms with Gasteiger partial charge in [-0.25, -0.2) is 4.79 Å².